The molecule has 0 aliphatic heterocycles. The molecule has 3 nitrogen and oxygen atoms in total. The first-order valence-corrected chi connectivity index (χ1v) is 6.09. The highest BCUT2D eigenvalue weighted by Gasteiger charge is 2.09. The van der Waals surface area contributed by atoms with Crippen LogP contribution in [0.5, 0.6) is 5.75 Å². The molecule has 1 N–H and O–H groups in total. The number of benzene rings is 1. The molecule has 4 heteroatoms. The quantitative estimate of drug-likeness (QED) is 0.907. The molecule has 0 spiro atoms. The Morgan fingerprint density at radius 3 is 2.83 bits per heavy atom. The number of nitrogens with zero attached hydrogens (tertiary/aromatic N) is 1. The van der Waals surface area contributed by atoms with Crippen LogP contribution in [0.1, 0.15) is 18.5 Å². The minimum absolute atomic E-state index is 0.104. The second-order valence-corrected chi connectivity index (χ2v) is 4.41. The van der Waals surface area contributed by atoms with Crippen molar-refractivity contribution in [2.75, 3.05) is 12.4 Å². The van der Waals surface area contributed by atoms with E-state index in [0.29, 0.717) is 0 Å². The fourth-order valence-corrected chi connectivity index (χ4v) is 1.93. The SMILES string of the molecule is COc1cccnc1NC(C)c1cccc(Cl)c1. The van der Waals surface area contributed by atoms with Gasteiger partial charge in [0.1, 0.15) is 0 Å². The van der Waals surface area contributed by atoms with Crippen molar-refractivity contribution in [2.45, 2.75) is 13.0 Å². The molecule has 1 aromatic carbocycles. The summed E-state index contributed by atoms with van der Waals surface area (Å²) < 4.78 is 5.25. The molecule has 18 heavy (non-hydrogen) atoms. The predicted octanol–water partition coefficient (Wildman–Crippen LogP) is 3.92. The topological polar surface area (TPSA) is 34.1 Å². The Bertz CT molecular complexity index is 531. The van der Waals surface area contributed by atoms with Gasteiger partial charge in [-0.15, -0.1) is 0 Å². The van der Waals surface area contributed by atoms with Crippen LogP contribution in [-0.4, -0.2) is 12.1 Å². The van der Waals surface area contributed by atoms with E-state index in [1.54, 1.807) is 13.3 Å². The number of pyridine rings is 1. The molecule has 0 saturated heterocycles. The summed E-state index contributed by atoms with van der Waals surface area (Å²) in [5.74, 6) is 1.46. The standard InChI is InChI=1S/C14H15ClN2O/c1-10(11-5-3-6-12(15)9-11)17-14-13(18-2)7-4-8-16-14/h3-10H,1-2H3,(H,16,17). The van der Waals surface area contributed by atoms with Crippen LogP contribution in [0.4, 0.5) is 5.82 Å². The lowest BCUT2D eigenvalue weighted by Crippen LogP contribution is -2.08. The third-order valence-corrected chi connectivity index (χ3v) is 2.93. The smallest absolute Gasteiger partial charge is 0.169 e. The summed E-state index contributed by atoms with van der Waals surface area (Å²) in [5, 5.41) is 4.04. The zero-order valence-corrected chi connectivity index (χ0v) is 11.1. The summed E-state index contributed by atoms with van der Waals surface area (Å²) in [5.41, 5.74) is 1.11. The van der Waals surface area contributed by atoms with Gasteiger partial charge in [-0.25, -0.2) is 4.98 Å². The number of rotatable bonds is 4. The molecule has 1 unspecified atom stereocenters. The molecule has 2 aromatic rings. The molecule has 0 radical (unpaired) electrons. The maximum Gasteiger partial charge on any atom is 0.169 e. The molecule has 1 atom stereocenters. The molecule has 0 aliphatic rings. The zero-order chi connectivity index (χ0) is 13.0. The van der Waals surface area contributed by atoms with Gasteiger partial charge >= 0.3 is 0 Å². The highest BCUT2D eigenvalue weighted by molar-refractivity contribution is 6.30. The average Bonchev–Trinajstić information content (AvgIpc) is 2.39. The van der Waals surface area contributed by atoms with E-state index >= 15 is 0 Å². The zero-order valence-electron chi connectivity index (χ0n) is 10.4. The van der Waals surface area contributed by atoms with Crippen molar-refractivity contribution >= 4 is 17.4 Å². The van der Waals surface area contributed by atoms with E-state index in [9.17, 15) is 0 Å². The van der Waals surface area contributed by atoms with Crippen molar-refractivity contribution in [3.8, 4) is 5.75 Å². The minimum Gasteiger partial charge on any atom is -0.493 e. The third kappa shape index (κ3) is 2.93. The normalized spacial score (nSPS) is 11.9. The van der Waals surface area contributed by atoms with Gasteiger partial charge in [0.05, 0.1) is 13.2 Å². The van der Waals surface area contributed by atoms with Crippen LogP contribution in [0, 0.1) is 0 Å². The maximum absolute atomic E-state index is 5.98. The number of hydrogen-bond donors (Lipinski definition) is 1. The van der Waals surface area contributed by atoms with Gasteiger partial charge < -0.3 is 10.1 Å². The van der Waals surface area contributed by atoms with Crippen LogP contribution in [0.2, 0.25) is 5.02 Å². The number of halogens is 1. The highest BCUT2D eigenvalue weighted by atomic mass is 35.5. The number of aromatic nitrogens is 1. The Balaban J connectivity index is 2.18. The van der Waals surface area contributed by atoms with Crippen molar-refractivity contribution in [2.24, 2.45) is 0 Å². The average molecular weight is 263 g/mol. The first-order valence-electron chi connectivity index (χ1n) is 5.71. The van der Waals surface area contributed by atoms with Crippen molar-refractivity contribution in [1.82, 2.24) is 4.98 Å². The van der Waals surface area contributed by atoms with E-state index in [-0.39, 0.29) is 6.04 Å². The lowest BCUT2D eigenvalue weighted by molar-refractivity contribution is 0.414. The number of methoxy groups -OCH3 is 1. The number of hydrogen-bond acceptors (Lipinski definition) is 3. The van der Waals surface area contributed by atoms with Crippen LogP contribution in [0.15, 0.2) is 42.6 Å². The van der Waals surface area contributed by atoms with Crippen molar-refractivity contribution in [3.05, 3.63) is 53.2 Å². The van der Waals surface area contributed by atoms with E-state index in [4.69, 9.17) is 16.3 Å². The summed E-state index contributed by atoms with van der Waals surface area (Å²) in [7, 11) is 1.63. The summed E-state index contributed by atoms with van der Waals surface area (Å²) in [6.45, 7) is 2.06. The lowest BCUT2D eigenvalue weighted by atomic mass is 10.1. The minimum atomic E-state index is 0.104. The molecule has 0 amide bonds. The van der Waals surface area contributed by atoms with E-state index < -0.39 is 0 Å². The number of ether oxygens (including phenoxy) is 1. The largest absolute Gasteiger partial charge is 0.493 e. The van der Waals surface area contributed by atoms with Crippen LogP contribution in [0.25, 0.3) is 0 Å². The lowest BCUT2D eigenvalue weighted by Gasteiger charge is -2.16. The van der Waals surface area contributed by atoms with Gasteiger partial charge in [0.2, 0.25) is 0 Å². The second-order valence-electron chi connectivity index (χ2n) is 3.98. The van der Waals surface area contributed by atoms with Gasteiger partial charge in [0.25, 0.3) is 0 Å². The monoisotopic (exact) mass is 262 g/mol. The van der Waals surface area contributed by atoms with Gasteiger partial charge in [-0.1, -0.05) is 23.7 Å². The molecular formula is C14H15ClN2O. The fraction of sp³-hybridized carbons (Fsp3) is 0.214. The predicted molar refractivity (Wildman–Crippen MR) is 74.3 cm³/mol. The van der Waals surface area contributed by atoms with E-state index in [1.165, 1.54) is 0 Å². The van der Waals surface area contributed by atoms with Crippen LogP contribution < -0.4 is 10.1 Å². The first-order chi connectivity index (χ1) is 8.70. The molecule has 1 aromatic heterocycles. The van der Waals surface area contributed by atoms with Gasteiger partial charge in [0, 0.05) is 11.2 Å². The molecule has 0 aliphatic carbocycles. The summed E-state index contributed by atoms with van der Waals surface area (Å²) in [4.78, 5) is 4.27. The summed E-state index contributed by atoms with van der Waals surface area (Å²) >= 11 is 5.98. The second kappa shape index (κ2) is 5.74. The van der Waals surface area contributed by atoms with E-state index in [2.05, 4.69) is 17.2 Å². The van der Waals surface area contributed by atoms with Gasteiger partial charge in [-0.3, -0.25) is 0 Å². The Kier molecular flexibility index (Phi) is 4.05. The van der Waals surface area contributed by atoms with Crippen LogP contribution in [0.3, 0.4) is 0 Å². The molecule has 94 valence electrons. The van der Waals surface area contributed by atoms with Gasteiger partial charge in [-0.2, -0.15) is 0 Å². The molecular weight excluding hydrogens is 248 g/mol. The third-order valence-electron chi connectivity index (χ3n) is 2.69. The number of anilines is 1. The Morgan fingerprint density at radius 2 is 2.11 bits per heavy atom. The molecule has 1 heterocycles. The van der Waals surface area contributed by atoms with Crippen molar-refractivity contribution in [1.29, 1.82) is 0 Å². The maximum atomic E-state index is 5.98. The summed E-state index contributed by atoms with van der Waals surface area (Å²) in [6.07, 6.45) is 1.73. The van der Waals surface area contributed by atoms with E-state index in [1.807, 2.05) is 36.4 Å². The molecule has 0 bridgehead atoms. The highest BCUT2D eigenvalue weighted by Crippen LogP contribution is 2.26. The fourth-order valence-electron chi connectivity index (χ4n) is 1.73. The Labute approximate surface area is 112 Å². The number of nitrogens with one attached hydrogen (secondary N) is 1. The Morgan fingerprint density at radius 1 is 1.28 bits per heavy atom. The van der Waals surface area contributed by atoms with Gasteiger partial charge in [0.15, 0.2) is 11.6 Å². The van der Waals surface area contributed by atoms with Crippen LogP contribution in [-0.2, 0) is 0 Å². The molecule has 0 saturated carbocycles. The van der Waals surface area contributed by atoms with E-state index in [0.717, 1.165) is 22.2 Å². The van der Waals surface area contributed by atoms with Crippen LogP contribution >= 0.6 is 11.6 Å². The van der Waals surface area contributed by atoms with Crippen molar-refractivity contribution in [3.63, 3.8) is 0 Å². The summed E-state index contributed by atoms with van der Waals surface area (Å²) in [6, 6.07) is 11.6. The molecule has 2 rings (SSSR count). The van der Waals surface area contributed by atoms with Crippen molar-refractivity contribution < 1.29 is 4.74 Å². The Hall–Kier alpha value is -1.74. The first kappa shape index (κ1) is 12.7. The van der Waals surface area contributed by atoms with Gasteiger partial charge in [-0.05, 0) is 36.8 Å². The molecule has 0 fully saturated rings.